The van der Waals surface area contributed by atoms with Crippen molar-refractivity contribution < 1.29 is 4.74 Å². The number of hydrogen-bond donors (Lipinski definition) is 1. The second-order valence-electron chi connectivity index (χ2n) is 5.88. The van der Waals surface area contributed by atoms with Crippen LogP contribution in [0.15, 0.2) is 11.6 Å². The van der Waals surface area contributed by atoms with Gasteiger partial charge in [0.15, 0.2) is 0 Å². The van der Waals surface area contributed by atoms with Crippen molar-refractivity contribution >= 4 is 34.8 Å². The van der Waals surface area contributed by atoms with Crippen LogP contribution in [0.3, 0.4) is 0 Å². The number of ether oxygens (including phenoxy) is 1. The number of nitrogens with two attached hydrogens (primary N) is 1. The Balaban J connectivity index is 1.80. The maximum absolute atomic E-state index is 5.90. The highest BCUT2D eigenvalue weighted by molar-refractivity contribution is 7.10. The summed E-state index contributed by atoms with van der Waals surface area (Å²) in [6, 6.07) is 0.417. The molecule has 7 heteroatoms. The number of anilines is 2. The van der Waals surface area contributed by atoms with E-state index in [1.165, 1.54) is 5.57 Å². The zero-order valence-corrected chi connectivity index (χ0v) is 13.8. The van der Waals surface area contributed by atoms with Crippen LogP contribution >= 0.6 is 11.3 Å². The summed E-state index contributed by atoms with van der Waals surface area (Å²) >= 11 is 1.67. The molecule has 120 valence electrons. The Morgan fingerprint density at radius 3 is 2.87 bits per heavy atom. The fourth-order valence-electron chi connectivity index (χ4n) is 3.26. The summed E-state index contributed by atoms with van der Waals surface area (Å²) in [6.45, 7) is 4.39. The van der Waals surface area contributed by atoms with Crippen LogP contribution < -0.4 is 10.6 Å². The second-order valence-corrected chi connectivity index (χ2v) is 6.78. The summed E-state index contributed by atoms with van der Waals surface area (Å²) < 4.78 is 5.52. The summed E-state index contributed by atoms with van der Waals surface area (Å²) in [6.07, 6.45) is 6.03. The zero-order chi connectivity index (χ0) is 15.8. The normalized spacial score (nSPS) is 18.7. The van der Waals surface area contributed by atoms with Crippen molar-refractivity contribution in [1.29, 1.82) is 0 Å². The molecule has 2 aromatic heterocycles. The molecule has 2 aliphatic heterocycles. The predicted octanol–water partition coefficient (Wildman–Crippen LogP) is 2.36. The first-order chi connectivity index (χ1) is 11.2. The minimum Gasteiger partial charge on any atom is -0.381 e. The van der Waals surface area contributed by atoms with Crippen LogP contribution in [0.2, 0.25) is 0 Å². The van der Waals surface area contributed by atoms with Gasteiger partial charge in [0.2, 0.25) is 5.95 Å². The van der Waals surface area contributed by atoms with Crippen molar-refractivity contribution in [3.63, 3.8) is 0 Å². The van der Waals surface area contributed by atoms with Crippen LogP contribution in [-0.2, 0) is 4.74 Å². The molecule has 2 aromatic rings. The molecule has 2 aliphatic rings. The van der Waals surface area contributed by atoms with Gasteiger partial charge in [-0.3, -0.25) is 0 Å². The van der Waals surface area contributed by atoms with Gasteiger partial charge < -0.3 is 15.4 Å². The first-order valence-electron chi connectivity index (χ1n) is 7.81. The number of rotatable bonds is 2. The quantitative estimate of drug-likeness (QED) is 0.911. The van der Waals surface area contributed by atoms with E-state index in [0.717, 1.165) is 54.7 Å². The summed E-state index contributed by atoms with van der Waals surface area (Å²) in [5.41, 5.74) is 9.09. The van der Waals surface area contributed by atoms with Gasteiger partial charge in [-0.05, 0) is 25.8 Å². The molecule has 4 rings (SSSR count). The Labute approximate surface area is 139 Å². The molecule has 1 saturated heterocycles. The molecular formula is C16H19N5OS. The van der Waals surface area contributed by atoms with E-state index < -0.39 is 0 Å². The lowest BCUT2D eigenvalue weighted by Gasteiger charge is -2.38. The Bertz CT molecular complexity index is 737. The molecule has 0 radical (unpaired) electrons. The van der Waals surface area contributed by atoms with Gasteiger partial charge in [0.05, 0.1) is 5.69 Å². The molecular weight excluding hydrogens is 310 g/mol. The molecule has 0 aliphatic carbocycles. The largest absolute Gasteiger partial charge is 0.381 e. The third-order valence-corrected chi connectivity index (χ3v) is 5.25. The maximum Gasteiger partial charge on any atom is 0.222 e. The van der Waals surface area contributed by atoms with Crippen molar-refractivity contribution in [3.8, 4) is 0 Å². The summed E-state index contributed by atoms with van der Waals surface area (Å²) in [4.78, 5) is 15.7. The zero-order valence-electron chi connectivity index (χ0n) is 13.0. The minimum absolute atomic E-state index is 0.337. The van der Waals surface area contributed by atoms with Crippen molar-refractivity contribution in [2.75, 3.05) is 30.4 Å². The number of hydrogen-bond acceptors (Lipinski definition) is 7. The molecule has 0 saturated carbocycles. The second kappa shape index (κ2) is 5.90. The summed E-state index contributed by atoms with van der Waals surface area (Å²) in [5, 5.41) is 3.07. The first kappa shape index (κ1) is 14.6. The van der Waals surface area contributed by atoms with Gasteiger partial charge in [-0.1, -0.05) is 0 Å². The molecule has 1 fully saturated rings. The highest BCUT2D eigenvalue weighted by Gasteiger charge is 2.30. The average molecular weight is 329 g/mol. The highest BCUT2D eigenvalue weighted by Crippen LogP contribution is 2.36. The van der Waals surface area contributed by atoms with E-state index in [0.29, 0.717) is 12.0 Å². The number of nitrogen functional groups attached to an aromatic ring is 1. The van der Waals surface area contributed by atoms with E-state index in [-0.39, 0.29) is 0 Å². The van der Waals surface area contributed by atoms with E-state index in [1.54, 1.807) is 11.3 Å². The standard InChI is InChI=1S/C16H19N5OS/c1-10-13-8-11(15-18-4-7-23-15)9-21(12-2-5-22-6-3-12)14(13)20-16(17)19-10/h4,7-8,12H,2-3,5-6,9H2,1H3,(H2,17,19,20). The lowest BCUT2D eigenvalue weighted by Crippen LogP contribution is -2.42. The van der Waals surface area contributed by atoms with Crippen LogP contribution in [0.25, 0.3) is 11.6 Å². The van der Waals surface area contributed by atoms with E-state index >= 15 is 0 Å². The average Bonchev–Trinajstić information content (AvgIpc) is 3.09. The Morgan fingerprint density at radius 1 is 1.30 bits per heavy atom. The van der Waals surface area contributed by atoms with E-state index in [2.05, 4.69) is 25.9 Å². The lowest BCUT2D eigenvalue weighted by atomic mass is 9.99. The minimum atomic E-state index is 0.337. The molecule has 0 amide bonds. The van der Waals surface area contributed by atoms with Gasteiger partial charge in [0.25, 0.3) is 0 Å². The van der Waals surface area contributed by atoms with Crippen LogP contribution in [0.4, 0.5) is 11.8 Å². The fourth-order valence-corrected chi connectivity index (χ4v) is 3.91. The smallest absolute Gasteiger partial charge is 0.222 e. The Morgan fingerprint density at radius 2 is 2.13 bits per heavy atom. The fraction of sp³-hybridized carbons (Fsp3) is 0.438. The van der Waals surface area contributed by atoms with Crippen LogP contribution in [0.5, 0.6) is 0 Å². The van der Waals surface area contributed by atoms with Gasteiger partial charge in [0, 0.05) is 48.5 Å². The number of aryl methyl sites for hydroxylation is 1. The third kappa shape index (κ3) is 2.70. The molecule has 0 unspecified atom stereocenters. The van der Waals surface area contributed by atoms with Gasteiger partial charge >= 0.3 is 0 Å². The van der Waals surface area contributed by atoms with E-state index in [1.807, 2.05) is 18.5 Å². The van der Waals surface area contributed by atoms with E-state index in [9.17, 15) is 0 Å². The molecule has 0 aromatic carbocycles. The van der Waals surface area contributed by atoms with Gasteiger partial charge in [-0.25, -0.2) is 9.97 Å². The third-order valence-electron chi connectivity index (χ3n) is 4.40. The van der Waals surface area contributed by atoms with Gasteiger partial charge in [-0.15, -0.1) is 11.3 Å². The van der Waals surface area contributed by atoms with Crippen molar-refractivity contribution in [2.24, 2.45) is 0 Å². The van der Waals surface area contributed by atoms with Crippen molar-refractivity contribution in [2.45, 2.75) is 25.8 Å². The molecule has 0 atom stereocenters. The predicted molar refractivity (Wildman–Crippen MR) is 92.4 cm³/mol. The molecule has 4 heterocycles. The topological polar surface area (TPSA) is 77.2 Å². The SMILES string of the molecule is Cc1nc(N)nc2c1C=C(c1nccs1)CN2C1CCOCC1. The molecule has 0 bridgehead atoms. The maximum atomic E-state index is 5.90. The van der Waals surface area contributed by atoms with Crippen molar-refractivity contribution in [1.82, 2.24) is 15.0 Å². The molecule has 0 spiro atoms. The van der Waals surface area contributed by atoms with Crippen LogP contribution in [0.1, 0.15) is 29.1 Å². The monoisotopic (exact) mass is 329 g/mol. The number of thiazole rings is 1. The van der Waals surface area contributed by atoms with Gasteiger partial charge in [0.1, 0.15) is 10.8 Å². The number of nitrogens with zero attached hydrogens (tertiary/aromatic N) is 4. The number of aromatic nitrogens is 3. The summed E-state index contributed by atoms with van der Waals surface area (Å²) in [7, 11) is 0. The van der Waals surface area contributed by atoms with Crippen LogP contribution in [-0.4, -0.2) is 40.8 Å². The lowest BCUT2D eigenvalue weighted by molar-refractivity contribution is 0.0848. The summed E-state index contributed by atoms with van der Waals surface area (Å²) in [5.74, 6) is 1.28. The van der Waals surface area contributed by atoms with E-state index in [4.69, 9.17) is 10.5 Å². The number of fused-ring (bicyclic) bond motifs is 1. The highest BCUT2D eigenvalue weighted by atomic mass is 32.1. The molecule has 2 N–H and O–H groups in total. The molecule has 23 heavy (non-hydrogen) atoms. The van der Waals surface area contributed by atoms with Crippen molar-refractivity contribution in [3.05, 3.63) is 27.8 Å². The molecule has 6 nitrogen and oxygen atoms in total. The van der Waals surface area contributed by atoms with Gasteiger partial charge in [-0.2, -0.15) is 4.98 Å². The van der Waals surface area contributed by atoms with Crippen LogP contribution in [0, 0.1) is 6.92 Å². The first-order valence-corrected chi connectivity index (χ1v) is 8.69. The Kier molecular flexibility index (Phi) is 3.74. The Hall–Kier alpha value is -1.99.